The Morgan fingerprint density at radius 1 is 1.03 bits per heavy atom. The smallest absolute Gasteiger partial charge is 0.319 e. The second-order valence-electron chi connectivity index (χ2n) is 7.80. The first-order chi connectivity index (χ1) is 15.5. The molecule has 2 amide bonds. The van der Waals surface area contributed by atoms with Crippen LogP contribution in [0, 0.1) is 5.82 Å². The SMILES string of the molecule is COc1ccc(C2CN(c3ccc(F)cc3)CCC2NC(=O)Nc2ccc(Cl)cc2)cc1. The number of carbonyl (C=O) groups excluding carboxylic acids is 1. The number of carbonyl (C=O) groups is 1. The first-order valence-electron chi connectivity index (χ1n) is 10.5. The van der Waals surface area contributed by atoms with Crippen LogP contribution in [0.25, 0.3) is 0 Å². The Hall–Kier alpha value is -3.25. The Morgan fingerprint density at radius 3 is 2.38 bits per heavy atom. The maximum atomic E-state index is 13.4. The highest BCUT2D eigenvalue weighted by atomic mass is 35.5. The lowest BCUT2D eigenvalue weighted by atomic mass is 9.85. The molecule has 0 radical (unpaired) electrons. The molecule has 166 valence electrons. The van der Waals surface area contributed by atoms with Gasteiger partial charge >= 0.3 is 6.03 Å². The molecular formula is C25H25ClFN3O2. The van der Waals surface area contributed by atoms with Crippen molar-refractivity contribution in [2.45, 2.75) is 18.4 Å². The number of halogens is 2. The molecule has 2 atom stereocenters. The molecule has 0 aliphatic carbocycles. The molecule has 0 spiro atoms. The van der Waals surface area contributed by atoms with Crippen molar-refractivity contribution < 1.29 is 13.9 Å². The van der Waals surface area contributed by atoms with Crippen LogP contribution in [-0.4, -0.2) is 32.3 Å². The third kappa shape index (κ3) is 5.32. The largest absolute Gasteiger partial charge is 0.497 e. The summed E-state index contributed by atoms with van der Waals surface area (Å²) >= 11 is 5.92. The minimum absolute atomic E-state index is 0.0516. The number of hydrogen-bond acceptors (Lipinski definition) is 3. The van der Waals surface area contributed by atoms with E-state index in [1.807, 2.05) is 24.3 Å². The van der Waals surface area contributed by atoms with E-state index in [4.69, 9.17) is 16.3 Å². The van der Waals surface area contributed by atoms with Gasteiger partial charge in [0.25, 0.3) is 0 Å². The molecule has 2 N–H and O–H groups in total. The number of nitrogens with one attached hydrogen (secondary N) is 2. The van der Waals surface area contributed by atoms with Crippen LogP contribution in [0.15, 0.2) is 72.8 Å². The molecule has 3 aromatic carbocycles. The van der Waals surface area contributed by atoms with Crippen molar-refractivity contribution in [2.75, 3.05) is 30.4 Å². The molecule has 0 bridgehead atoms. The number of anilines is 2. The van der Waals surface area contributed by atoms with Crippen molar-refractivity contribution in [1.82, 2.24) is 5.32 Å². The number of piperidine rings is 1. The number of urea groups is 1. The van der Waals surface area contributed by atoms with E-state index in [-0.39, 0.29) is 23.8 Å². The highest BCUT2D eigenvalue weighted by Gasteiger charge is 2.32. The lowest BCUT2D eigenvalue weighted by molar-refractivity contribution is 0.243. The quantitative estimate of drug-likeness (QED) is 0.523. The Kier molecular flexibility index (Phi) is 6.81. The van der Waals surface area contributed by atoms with Gasteiger partial charge in [0.2, 0.25) is 0 Å². The summed E-state index contributed by atoms with van der Waals surface area (Å²) in [6.07, 6.45) is 0.752. The number of ether oxygens (including phenoxy) is 1. The van der Waals surface area contributed by atoms with E-state index in [2.05, 4.69) is 15.5 Å². The van der Waals surface area contributed by atoms with Crippen molar-refractivity contribution in [3.05, 3.63) is 89.2 Å². The van der Waals surface area contributed by atoms with E-state index < -0.39 is 0 Å². The molecular weight excluding hydrogens is 429 g/mol. The fourth-order valence-corrected chi connectivity index (χ4v) is 4.19. The van der Waals surface area contributed by atoms with Gasteiger partial charge in [0, 0.05) is 41.4 Å². The minimum Gasteiger partial charge on any atom is -0.497 e. The van der Waals surface area contributed by atoms with Gasteiger partial charge in [-0.2, -0.15) is 0 Å². The van der Waals surface area contributed by atoms with E-state index >= 15 is 0 Å². The van der Waals surface area contributed by atoms with E-state index in [1.165, 1.54) is 12.1 Å². The normalized spacial score (nSPS) is 18.2. The Morgan fingerprint density at radius 2 is 1.72 bits per heavy atom. The van der Waals surface area contributed by atoms with E-state index in [0.29, 0.717) is 17.3 Å². The summed E-state index contributed by atoms with van der Waals surface area (Å²) in [4.78, 5) is 14.9. The van der Waals surface area contributed by atoms with Crippen LogP contribution in [0.1, 0.15) is 17.9 Å². The van der Waals surface area contributed by atoms with Gasteiger partial charge in [0.15, 0.2) is 0 Å². The zero-order chi connectivity index (χ0) is 22.5. The number of hydrogen-bond donors (Lipinski definition) is 2. The predicted molar refractivity (Wildman–Crippen MR) is 126 cm³/mol. The molecule has 3 aromatic rings. The lowest BCUT2D eigenvalue weighted by Crippen LogP contribution is -2.50. The molecule has 5 nitrogen and oxygen atoms in total. The highest BCUT2D eigenvalue weighted by Crippen LogP contribution is 2.31. The number of amides is 2. The van der Waals surface area contributed by atoms with Crippen LogP contribution >= 0.6 is 11.6 Å². The third-order valence-electron chi connectivity index (χ3n) is 5.77. The first kappa shape index (κ1) is 22.0. The summed E-state index contributed by atoms with van der Waals surface area (Å²) in [5, 5.41) is 6.63. The van der Waals surface area contributed by atoms with Crippen LogP contribution in [0.5, 0.6) is 5.75 Å². The summed E-state index contributed by atoms with van der Waals surface area (Å²) in [5.41, 5.74) is 2.75. The number of nitrogens with zero attached hydrogens (tertiary/aromatic N) is 1. The standard InChI is InChI=1S/C25H25ClFN3O2/c1-32-22-12-2-17(3-13-22)23-16-30(21-10-6-19(27)7-11-21)15-14-24(23)29-25(31)28-20-8-4-18(26)5-9-20/h2-13,23-24H,14-16H2,1H3,(H2,28,29,31). The average Bonchev–Trinajstić information content (AvgIpc) is 2.81. The lowest BCUT2D eigenvalue weighted by Gasteiger charge is -2.40. The zero-order valence-corrected chi connectivity index (χ0v) is 18.5. The molecule has 0 aromatic heterocycles. The first-order valence-corrected chi connectivity index (χ1v) is 10.9. The number of methoxy groups -OCH3 is 1. The Bertz CT molecular complexity index is 1040. The molecule has 1 saturated heterocycles. The summed E-state index contributed by atoms with van der Waals surface area (Å²) < 4.78 is 18.7. The zero-order valence-electron chi connectivity index (χ0n) is 17.7. The van der Waals surface area contributed by atoms with Crippen molar-refractivity contribution in [1.29, 1.82) is 0 Å². The number of benzene rings is 3. The number of rotatable bonds is 5. The Balaban J connectivity index is 1.51. The summed E-state index contributed by atoms with van der Waals surface area (Å²) in [6.45, 7) is 1.45. The highest BCUT2D eigenvalue weighted by molar-refractivity contribution is 6.30. The van der Waals surface area contributed by atoms with Crippen molar-refractivity contribution in [3.63, 3.8) is 0 Å². The van der Waals surface area contributed by atoms with Gasteiger partial charge < -0.3 is 20.3 Å². The summed E-state index contributed by atoms with van der Waals surface area (Å²) in [6, 6.07) is 21.1. The van der Waals surface area contributed by atoms with Crippen LogP contribution in [0.4, 0.5) is 20.6 Å². The van der Waals surface area contributed by atoms with Gasteiger partial charge in [-0.3, -0.25) is 0 Å². The van der Waals surface area contributed by atoms with Crippen LogP contribution in [0.2, 0.25) is 5.02 Å². The molecule has 1 fully saturated rings. The molecule has 7 heteroatoms. The van der Waals surface area contributed by atoms with Gasteiger partial charge in [-0.25, -0.2) is 9.18 Å². The second-order valence-corrected chi connectivity index (χ2v) is 8.24. The molecule has 1 aliphatic heterocycles. The third-order valence-corrected chi connectivity index (χ3v) is 6.02. The predicted octanol–water partition coefficient (Wildman–Crippen LogP) is 5.67. The second kappa shape index (κ2) is 9.92. The monoisotopic (exact) mass is 453 g/mol. The molecule has 32 heavy (non-hydrogen) atoms. The van der Waals surface area contributed by atoms with Crippen LogP contribution in [-0.2, 0) is 0 Å². The molecule has 1 aliphatic rings. The Labute approximate surface area is 192 Å². The van der Waals surface area contributed by atoms with Gasteiger partial charge in [-0.15, -0.1) is 0 Å². The molecule has 0 saturated carbocycles. The van der Waals surface area contributed by atoms with Gasteiger partial charge in [0.05, 0.1) is 7.11 Å². The van der Waals surface area contributed by atoms with Gasteiger partial charge in [0.1, 0.15) is 11.6 Å². The van der Waals surface area contributed by atoms with Crippen molar-refractivity contribution in [3.8, 4) is 5.75 Å². The van der Waals surface area contributed by atoms with Crippen LogP contribution in [0.3, 0.4) is 0 Å². The fraction of sp³-hybridized carbons (Fsp3) is 0.240. The van der Waals surface area contributed by atoms with Crippen molar-refractivity contribution in [2.24, 2.45) is 0 Å². The maximum absolute atomic E-state index is 13.4. The minimum atomic E-state index is -0.258. The van der Waals surface area contributed by atoms with E-state index in [9.17, 15) is 9.18 Å². The van der Waals surface area contributed by atoms with Gasteiger partial charge in [-0.05, 0) is 72.6 Å². The summed E-state index contributed by atoms with van der Waals surface area (Å²) in [7, 11) is 1.64. The molecule has 2 unspecified atom stereocenters. The topological polar surface area (TPSA) is 53.6 Å². The molecule has 1 heterocycles. The van der Waals surface area contributed by atoms with Gasteiger partial charge in [-0.1, -0.05) is 23.7 Å². The maximum Gasteiger partial charge on any atom is 0.319 e. The van der Waals surface area contributed by atoms with E-state index in [1.54, 1.807) is 43.5 Å². The fourth-order valence-electron chi connectivity index (χ4n) is 4.07. The average molecular weight is 454 g/mol. The van der Waals surface area contributed by atoms with Crippen LogP contribution < -0.4 is 20.3 Å². The summed E-state index contributed by atoms with van der Waals surface area (Å²) in [5.74, 6) is 0.580. The van der Waals surface area contributed by atoms with E-state index in [0.717, 1.165) is 30.0 Å². The molecule has 4 rings (SSSR count). The van der Waals surface area contributed by atoms with Crippen molar-refractivity contribution >= 4 is 29.0 Å².